The Kier molecular flexibility index (Phi) is 6.24. The predicted molar refractivity (Wildman–Crippen MR) is 130 cm³/mol. The minimum Gasteiger partial charge on any atom is -0.378 e. The summed E-state index contributed by atoms with van der Waals surface area (Å²) in [5.74, 6) is 0.405. The van der Waals surface area contributed by atoms with Gasteiger partial charge in [0.25, 0.3) is 11.6 Å². The molecule has 0 radical (unpaired) electrons. The van der Waals surface area contributed by atoms with E-state index < -0.39 is 4.92 Å². The molecule has 1 amide bonds. The van der Waals surface area contributed by atoms with Gasteiger partial charge in [0.2, 0.25) is 0 Å². The molecule has 1 fully saturated rings. The van der Waals surface area contributed by atoms with Gasteiger partial charge in [-0.2, -0.15) is 0 Å². The van der Waals surface area contributed by atoms with Crippen molar-refractivity contribution >= 4 is 40.8 Å². The van der Waals surface area contributed by atoms with Crippen LogP contribution in [0.25, 0.3) is 6.08 Å². The van der Waals surface area contributed by atoms with E-state index >= 15 is 0 Å². The minimum absolute atomic E-state index is 0.00334. The molecule has 34 heavy (non-hydrogen) atoms. The number of carbonyl (C=O) groups excluding carboxylic acids is 1. The van der Waals surface area contributed by atoms with Crippen molar-refractivity contribution < 1.29 is 14.5 Å². The molecular weight excluding hydrogens is 454 g/mol. The maximum atomic E-state index is 12.5. The Bertz CT molecular complexity index is 1260. The van der Waals surface area contributed by atoms with Crippen LogP contribution in [0.2, 0.25) is 0 Å². The fourth-order valence-electron chi connectivity index (χ4n) is 3.75. The molecule has 2 aromatic carbocycles. The predicted octanol–water partition coefficient (Wildman–Crippen LogP) is 3.90. The number of nitro benzene ring substituents is 1. The van der Waals surface area contributed by atoms with E-state index in [0.717, 1.165) is 31.9 Å². The summed E-state index contributed by atoms with van der Waals surface area (Å²) in [6.07, 6.45) is 3.90. The molecule has 3 heterocycles. The van der Waals surface area contributed by atoms with Crippen molar-refractivity contribution in [3.05, 3.63) is 86.7 Å². The first-order chi connectivity index (χ1) is 16.5. The maximum Gasteiger partial charge on any atom is 0.269 e. The quantitative estimate of drug-likeness (QED) is 0.256. The van der Waals surface area contributed by atoms with Crippen molar-refractivity contribution in [1.29, 1.82) is 0 Å². The van der Waals surface area contributed by atoms with E-state index in [1.807, 2.05) is 0 Å². The Morgan fingerprint density at radius 3 is 2.56 bits per heavy atom. The van der Waals surface area contributed by atoms with Crippen molar-refractivity contribution in [2.45, 2.75) is 11.4 Å². The number of ether oxygens (including phenoxy) is 1. The summed E-state index contributed by atoms with van der Waals surface area (Å²) in [5, 5.41) is 14.3. The second-order valence-electron chi connectivity index (χ2n) is 7.86. The Morgan fingerprint density at radius 2 is 1.85 bits per heavy atom. The lowest BCUT2D eigenvalue weighted by Gasteiger charge is -2.28. The molecule has 1 N–H and O–H groups in total. The van der Waals surface area contributed by atoms with Gasteiger partial charge >= 0.3 is 0 Å². The first kappa shape index (κ1) is 22.1. The number of hydrogen-bond donors (Lipinski definition) is 1. The second kappa shape index (κ2) is 9.62. The molecule has 0 spiro atoms. The standard InChI is InChI=1S/C24H21N5O4S/c30-23-21(13-16-3-7-19(8-4-16)29(31)32)34-24-20(26-23)15-25-22(27-24)14-17-1-5-18(6-2-17)28-9-11-33-12-10-28/h1-8,13,15H,9-12,14H2,(H,26,30)/b21-13+. The van der Waals surface area contributed by atoms with Gasteiger partial charge in [-0.25, -0.2) is 9.97 Å². The number of nitro groups is 1. The topological polar surface area (TPSA) is 110 Å². The van der Waals surface area contributed by atoms with Gasteiger partial charge in [0.1, 0.15) is 10.9 Å². The molecule has 10 heteroatoms. The van der Waals surface area contributed by atoms with E-state index in [9.17, 15) is 14.9 Å². The van der Waals surface area contributed by atoms with Crippen LogP contribution in [-0.4, -0.2) is 47.1 Å². The van der Waals surface area contributed by atoms with E-state index in [2.05, 4.69) is 44.5 Å². The normalized spacial score (nSPS) is 16.8. The van der Waals surface area contributed by atoms with Crippen LogP contribution in [0.1, 0.15) is 17.0 Å². The Labute approximate surface area is 200 Å². The Balaban J connectivity index is 1.30. The van der Waals surface area contributed by atoms with E-state index in [0.29, 0.717) is 33.4 Å². The summed E-state index contributed by atoms with van der Waals surface area (Å²) in [4.78, 5) is 34.7. The molecule has 3 aromatic rings. The van der Waals surface area contributed by atoms with Gasteiger partial charge in [-0.1, -0.05) is 23.9 Å². The lowest BCUT2D eigenvalue weighted by molar-refractivity contribution is -0.384. The molecule has 0 atom stereocenters. The fraction of sp³-hybridized carbons (Fsp3) is 0.208. The van der Waals surface area contributed by atoms with Gasteiger partial charge in [0.05, 0.1) is 34.9 Å². The first-order valence-electron chi connectivity index (χ1n) is 10.8. The molecule has 2 aliphatic rings. The molecule has 1 saturated heterocycles. The number of fused-ring (bicyclic) bond motifs is 1. The molecule has 0 saturated carbocycles. The zero-order valence-electron chi connectivity index (χ0n) is 18.1. The molecule has 0 aliphatic carbocycles. The van der Waals surface area contributed by atoms with Crippen LogP contribution in [0.3, 0.4) is 0 Å². The third-order valence-electron chi connectivity index (χ3n) is 5.56. The molecule has 0 bridgehead atoms. The summed E-state index contributed by atoms with van der Waals surface area (Å²) < 4.78 is 5.42. The van der Waals surface area contributed by atoms with Gasteiger partial charge in [0.15, 0.2) is 0 Å². The zero-order chi connectivity index (χ0) is 23.5. The molecule has 5 rings (SSSR count). The Hall–Kier alpha value is -3.76. The average molecular weight is 476 g/mol. The number of benzene rings is 2. The number of non-ortho nitro benzene ring substituents is 1. The average Bonchev–Trinajstić information content (AvgIpc) is 2.86. The molecule has 9 nitrogen and oxygen atoms in total. The van der Waals surface area contributed by atoms with Crippen LogP contribution in [0, 0.1) is 10.1 Å². The molecule has 2 aliphatic heterocycles. The van der Waals surface area contributed by atoms with Crippen LogP contribution < -0.4 is 10.2 Å². The molecule has 0 unspecified atom stereocenters. The fourth-order valence-corrected chi connectivity index (χ4v) is 4.66. The van der Waals surface area contributed by atoms with E-state index in [1.165, 1.54) is 29.6 Å². The summed E-state index contributed by atoms with van der Waals surface area (Å²) in [6.45, 7) is 3.29. The van der Waals surface area contributed by atoms with Gasteiger partial charge < -0.3 is 15.0 Å². The third-order valence-corrected chi connectivity index (χ3v) is 6.59. The zero-order valence-corrected chi connectivity index (χ0v) is 19.0. The third kappa shape index (κ3) is 4.92. The number of hydrogen-bond acceptors (Lipinski definition) is 8. The summed E-state index contributed by atoms with van der Waals surface area (Å²) in [6, 6.07) is 14.4. The van der Waals surface area contributed by atoms with Crippen LogP contribution in [0.4, 0.5) is 17.1 Å². The summed E-state index contributed by atoms with van der Waals surface area (Å²) in [5.41, 5.74) is 3.55. The highest BCUT2D eigenvalue weighted by Crippen LogP contribution is 2.37. The van der Waals surface area contributed by atoms with E-state index in [4.69, 9.17) is 4.74 Å². The number of nitrogens with one attached hydrogen (secondary N) is 1. The highest BCUT2D eigenvalue weighted by molar-refractivity contribution is 8.04. The molecular formula is C24H21N5O4S. The van der Waals surface area contributed by atoms with Crippen LogP contribution in [0.5, 0.6) is 0 Å². The highest BCUT2D eigenvalue weighted by atomic mass is 32.2. The monoisotopic (exact) mass is 475 g/mol. The number of carbonyl (C=O) groups is 1. The van der Waals surface area contributed by atoms with Gasteiger partial charge in [-0.15, -0.1) is 0 Å². The summed E-state index contributed by atoms with van der Waals surface area (Å²) in [7, 11) is 0. The lowest BCUT2D eigenvalue weighted by atomic mass is 10.1. The Morgan fingerprint density at radius 1 is 1.12 bits per heavy atom. The second-order valence-corrected chi connectivity index (χ2v) is 8.89. The number of morpholine rings is 1. The van der Waals surface area contributed by atoms with E-state index in [1.54, 1.807) is 24.4 Å². The van der Waals surface area contributed by atoms with Gasteiger partial charge in [-0.3, -0.25) is 14.9 Å². The SMILES string of the molecule is O=C1Nc2cnc(Cc3ccc(N4CCOCC4)cc3)nc2S/C1=C/c1ccc([N+](=O)[O-])cc1. The van der Waals surface area contributed by atoms with Crippen molar-refractivity contribution in [3.8, 4) is 0 Å². The van der Waals surface area contributed by atoms with E-state index in [-0.39, 0.29) is 11.6 Å². The van der Waals surface area contributed by atoms with Crippen molar-refractivity contribution in [2.24, 2.45) is 0 Å². The number of amides is 1. The van der Waals surface area contributed by atoms with Crippen LogP contribution >= 0.6 is 11.8 Å². The first-order valence-corrected chi connectivity index (χ1v) is 11.6. The van der Waals surface area contributed by atoms with Gasteiger partial charge in [-0.05, 0) is 41.5 Å². The van der Waals surface area contributed by atoms with Crippen molar-refractivity contribution in [2.75, 3.05) is 36.5 Å². The highest BCUT2D eigenvalue weighted by Gasteiger charge is 2.23. The summed E-state index contributed by atoms with van der Waals surface area (Å²) >= 11 is 1.26. The number of aromatic nitrogens is 2. The largest absolute Gasteiger partial charge is 0.378 e. The smallest absolute Gasteiger partial charge is 0.269 e. The number of rotatable bonds is 5. The van der Waals surface area contributed by atoms with Crippen molar-refractivity contribution in [1.82, 2.24) is 9.97 Å². The molecule has 1 aromatic heterocycles. The number of nitrogens with zero attached hydrogens (tertiary/aromatic N) is 4. The lowest BCUT2D eigenvalue weighted by Crippen LogP contribution is -2.36. The van der Waals surface area contributed by atoms with Crippen molar-refractivity contribution in [3.63, 3.8) is 0 Å². The van der Waals surface area contributed by atoms with Crippen LogP contribution in [0.15, 0.2) is 64.7 Å². The van der Waals surface area contributed by atoms with Gasteiger partial charge in [0, 0.05) is 37.3 Å². The maximum absolute atomic E-state index is 12.5. The number of thioether (sulfide) groups is 1. The molecule has 172 valence electrons. The minimum atomic E-state index is -0.455. The van der Waals surface area contributed by atoms with Crippen LogP contribution in [-0.2, 0) is 16.0 Å². The number of anilines is 2.